The summed E-state index contributed by atoms with van der Waals surface area (Å²) in [5, 5.41) is 8.34. The Balaban J connectivity index is 3.55. The summed E-state index contributed by atoms with van der Waals surface area (Å²) in [6, 6.07) is -0.828. The lowest BCUT2D eigenvalue weighted by Crippen LogP contribution is -2.29. The highest BCUT2D eigenvalue weighted by molar-refractivity contribution is 5.72. The van der Waals surface area contributed by atoms with Crippen LogP contribution in [0.15, 0.2) is 11.9 Å². The maximum Gasteiger partial charge on any atom is 0.320 e. The van der Waals surface area contributed by atoms with Crippen molar-refractivity contribution in [1.29, 1.82) is 0 Å². The third-order valence-electron chi connectivity index (χ3n) is 1.17. The van der Waals surface area contributed by atoms with Crippen LogP contribution in [-0.4, -0.2) is 17.1 Å². The molecule has 0 fully saturated rings. The first-order valence-corrected chi connectivity index (χ1v) is 3.23. The first-order chi connectivity index (χ1) is 5.04. The normalized spacial score (nSPS) is 12.1. The van der Waals surface area contributed by atoms with Crippen LogP contribution >= 0.6 is 0 Å². The van der Waals surface area contributed by atoms with E-state index in [1.807, 2.05) is 0 Å². The quantitative estimate of drug-likeness (QED) is 0.417. The smallest absolute Gasteiger partial charge is 0.320 e. The molecule has 1 atom stereocenters. The number of allylic oxidation sites excluding steroid dienone is 1. The summed E-state index contributed by atoms with van der Waals surface area (Å²) < 4.78 is 0. The minimum absolute atomic E-state index is 0.197. The molecule has 64 valence electrons. The van der Waals surface area contributed by atoms with E-state index in [9.17, 15) is 4.79 Å². The number of carboxylic acid groups (broad SMARTS) is 1. The average Bonchev–Trinajstić information content (AvgIpc) is 1.86. The maximum atomic E-state index is 10.2. The Morgan fingerprint density at radius 3 is 2.45 bits per heavy atom. The van der Waals surface area contributed by atoms with Crippen molar-refractivity contribution < 1.29 is 9.90 Å². The highest BCUT2D eigenvalue weighted by atomic mass is 16.4. The fraction of sp³-hybridized carbons (Fsp3) is 0.500. The van der Waals surface area contributed by atoms with E-state index in [1.54, 1.807) is 6.08 Å². The van der Waals surface area contributed by atoms with Gasteiger partial charge >= 0.3 is 5.97 Å². The molecule has 0 spiro atoms. The van der Waals surface area contributed by atoms with Crippen LogP contribution in [0.2, 0.25) is 0 Å². The van der Waals surface area contributed by atoms with Gasteiger partial charge in [-0.2, -0.15) is 0 Å². The molecule has 0 amide bonds. The predicted molar refractivity (Wildman–Crippen MR) is 41.3 cm³/mol. The van der Waals surface area contributed by atoms with E-state index in [0.717, 1.165) is 0 Å². The molecule has 0 radical (unpaired) electrons. The topological polar surface area (TPSA) is 115 Å². The molecule has 0 aromatic heterocycles. The Morgan fingerprint density at radius 2 is 2.09 bits per heavy atom. The Morgan fingerprint density at radius 1 is 1.55 bits per heavy atom. The third kappa shape index (κ3) is 5.23. The highest BCUT2D eigenvalue weighted by Crippen LogP contribution is 1.95. The van der Waals surface area contributed by atoms with E-state index < -0.39 is 12.0 Å². The molecule has 7 N–H and O–H groups in total. The van der Waals surface area contributed by atoms with E-state index in [-0.39, 0.29) is 5.82 Å². The van der Waals surface area contributed by atoms with Gasteiger partial charge in [-0.25, -0.2) is 0 Å². The molecule has 5 heteroatoms. The third-order valence-corrected chi connectivity index (χ3v) is 1.17. The minimum atomic E-state index is -1.01. The Bertz CT molecular complexity index is 163. The van der Waals surface area contributed by atoms with Crippen LogP contribution < -0.4 is 17.2 Å². The van der Waals surface area contributed by atoms with Gasteiger partial charge in [0.25, 0.3) is 0 Å². The average molecular weight is 159 g/mol. The van der Waals surface area contributed by atoms with Gasteiger partial charge < -0.3 is 22.3 Å². The fourth-order valence-corrected chi connectivity index (χ4v) is 0.553. The number of aliphatic carboxylic acids is 1. The number of carboxylic acids is 1. The SMILES string of the molecule is NC(N)=CCC[C@H](N)C(=O)O. The molecule has 0 saturated carbocycles. The fourth-order valence-electron chi connectivity index (χ4n) is 0.553. The zero-order chi connectivity index (χ0) is 8.85. The van der Waals surface area contributed by atoms with Crippen molar-refractivity contribution in [2.24, 2.45) is 17.2 Å². The summed E-state index contributed by atoms with van der Waals surface area (Å²) in [7, 11) is 0. The van der Waals surface area contributed by atoms with Gasteiger partial charge in [0, 0.05) is 0 Å². The second-order valence-electron chi connectivity index (χ2n) is 2.23. The lowest BCUT2D eigenvalue weighted by molar-refractivity contribution is -0.138. The number of hydrogen-bond donors (Lipinski definition) is 4. The summed E-state index contributed by atoms with van der Waals surface area (Å²) in [5.41, 5.74) is 15.4. The monoisotopic (exact) mass is 159 g/mol. The van der Waals surface area contributed by atoms with Crippen molar-refractivity contribution in [3.05, 3.63) is 11.9 Å². The molecule has 0 aliphatic rings. The maximum absolute atomic E-state index is 10.2. The Labute approximate surface area is 64.8 Å². The minimum Gasteiger partial charge on any atom is -0.480 e. The summed E-state index contributed by atoms with van der Waals surface area (Å²) in [6.07, 6.45) is 2.39. The van der Waals surface area contributed by atoms with Crippen molar-refractivity contribution in [1.82, 2.24) is 0 Å². The molecular weight excluding hydrogens is 146 g/mol. The Kier molecular flexibility index (Phi) is 4.05. The molecule has 0 aliphatic carbocycles. The van der Waals surface area contributed by atoms with E-state index in [0.29, 0.717) is 12.8 Å². The van der Waals surface area contributed by atoms with Gasteiger partial charge in [-0.15, -0.1) is 0 Å². The van der Waals surface area contributed by atoms with Crippen LogP contribution in [0.5, 0.6) is 0 Å². The second kappa shape index (κ2) is 4.56. The Hall–Kier alpha value is -1.23. The number of rotatable bonds is 4. The molecule has 5 nitrogen and oxygen atoms in total. The lowest BCUT2D eigenvalue weighted by atomic mass is 10.2. The first-order valence-electron chi connectivity index (χ1n) is 3.23. The van der Waals surface area contributed by atoms with Gasteiger partial charge in [0.05, 0.1) is 5.82 Å². The number of carbonyl (C=O) groups is 1. The molecule has 0 rings (SSSR count). The van der Waals surface area contributed by atoms with Crippen LogP contribution in [0.25, 0.3) is 0 Å². The van der Waals surface area contributed by atoms with Crippen LogP contribution in [0.4, 0.5) is 0 Å². The van der Waals surface area contributed by atoms with E-state index in [1.165, 1.54) is 0 Å². The van der Waals surface area contributed by atoms with Gasteiger partial charge in [-0.05, 0) is 18.9 Å². The summed E-state index contributed by atoms with van der Waals surface area (Å²) in [6.45, 7) is 0. The molecule has 0 heterocycles. The molecule has 0 aromatic rings. The largest absolute Gasteiger partial charge is 0.480 e. The van der Waals surface area contributed by atoms with Crippen LogP contribution in [0.1, 0.15) is 12.8 Å². The highest BCUT2D eigenvalue weighted by Gasteiger charge is 2.08. The molecule has 0 aliphatic heterocycles. The summed E-state index contributed by atoms with van der Waals surface area (Å²) in [5.74, 6) is -0.809. The first kappa shape index (κ1) is 9.77. The van der Waals surface area contributed by atoms with E-state index >= 15 is 0 Å². The van der Waals surface area contributed by atoms with Crippen molar-refractivity contribution in [2.45, 2.75) is 18.9 Å². The molecule has 0 saturated heterocycles. The molecule has 0 bridgehead atoms. The van der Waals surface area contributed by atoms with Crippen molar-refractivity contribution in [3.63, 3.8) is 0 Å². The van der Waals surface area contributed by atoms with Crippen LogP contribution in [-0.2, 0) is 4.79 Å². The van der Waals surface area contributed by atoms with Crippen molar-refractivity contribution >= 4 is 5.97 Å². The predicted octanol–water partition coefficient (Wildman–Crippen LogP) is -1.06. The van der Waals surface area contributed by atoms with E-state index in [2.05, 4.69) is 0 Å². The molecule has 0 unspecified atom stereocenters. The molecule has 11 heavy (non-hydrogen) atoms. The number of nitrogens with two attached hydrogens (primary N) is 3. The van der Waals surface area contributed by atoms with Crippen molar-refractivity contribution in [2.75, 3.05) is 0 Å². The summed E-state index contributed by atoms with van der Waals surface area (Å²) >= 11 is 0. The van der Waals surface area contributed by atoms with Gasteiger partial charge in [0.15, 0.2) is 0 Å². The standard InChI is InChI=1S/C6H13N3O2/c7-4(6(10)11)2-1-3-5(8)9/h3-4H,1-2,7-9H2,(H,10,11)/t4-/m0/s1. The van der Waals surface area contributed by atoms with E-state index in [4.69, 9.17) is 22.3 Å². The zero-order valence-electron chi connectivity index (χ0n) is 6.16. The lowest BCUT2D eigenvalue weighted by Gasteiger charge is -2.02. The summed E-state index contributed by atoms with van der Waals surface area (Å²) in [4.78, 5) is 10.2. The van der Waals surface area contributed by atoms with Crippen LogP contribution in [0.3, 0.4) is 0 Å². The van der Waals surface area contributed by atoms with Gasteiger partial charge in [0.2, 0.25) is 0 Å². The van der Waals surface area contributed by atoms with Gasteiger partial charge in [0.1, 0.15) is 6.04 Å². The number of hydrogen-bond acceptors (Lipinski definition) is 4. The molecule has 0 aromatic carbocycles. The van der Waals surface area contributed by atoms with Crippen molar-refractivity contribution in [3.8, 4) is 0 Å². The van der Waals surface area contributed by atoms with Crippen LogP contribution in [0, 0.1) is 0 Å². The van der Waals surface area contributed by atoms with Gasteiger partial charge in [-0.1, -0.05) is 0 Å². The second-order valence-corrected chi connectivity index (χ2v) is 2.23. The zero-order valence-corrected chi connectivity index (χ0v) is 6.16. The molecular formula is C6H13N3O2. The van der Waals surface area contributed by atoms with Gasteiger partial charge in [-0.3, -0.25) is 4.79 Å².